The summed E-state index contributed by atoms with van der Waals surface area (Å²) in [5.74, 6) is -0.252. The third-order valence-corrected chi connectivity index (χ3v) is 2.28. The summed E-state index contributed by atoms with van der Waals surface area (Å²) in [7, 11) is 0. The topological polar surface area (TPSA) is 89.5 Å². The summed E-state index contributed by atoms with van der Waals surface area (Å²) in [6.07, 6.45) is -0.209. The second kappa shape index (κ2) is 3.39. The molecule has 2 unspecified atom stereocenters. The van der Waals surface area contributed by atoms with Crippen molar-refractivity contribution in [1.29, 1.82) is 0 Å². The Morgan fingerprint density at radius 1 is 1.50 bits per heavy atom. The van der Waals surface area contributed by atoms with Crippen molar-refractivity contribution in [2.45, 2.75) is 12.2 Å². The van der Waals surface area contributed by atoms with Gasteiger partial charge in [-0.3, -0.25) is 9.89 Å². The Balaban J connectivity index is 2.07. The van der Waals surface area contributed by atoms with Gasteiger partial charge in [0.05, 0.1) is 12.2 Å². The third-order valence-electron chi connectivity index (χ3n) is 2.28. The maximum atomic E-state index is 11.6. The van der Waals surface area contributed by atoms with Crippen LogP contribution in [0.2, 0.25) is 0 Å². The van der Waals surface area contributed by atoms with Gasteiger partial charge in [-0.1, -0.05) is 0 Å². The van der Waals surface area contributed by atoms with Gasteiger partial charge in [0, 0.05) is 19.3 Å². The largest absolute Gasteiger partial charge is 0.388 e. The minimum Gasteiger partial charge on any atom is -0.388 e. The molecule has 2 heterocycles. The molecule has 6 heteroatoms. The quantitative estimate of drug-likeness (QED) is 0.516. The SMILES string of the molecule is O=C(c1ccn[nH]1)N1CC(O)C(O)C1. The molecule has 1 aliphatic rings. The number of amides is 1. The van der Waals surface area contributed by atoms with E-state index in [2.05, 4.69) is 10.2 Å². The number of β-amino-alcohol motifs (C(OH)–C–C–N with tert-alkyl or cyclic N) is 2. The molecule has 1 fully saturated rings. The Labute approximate surface area is 80.2 Å². The van der Waals surface area contributed by atoms with Crippen LogP contribution in [0, 0.1) is 0 Å². The number of rotatable bonds is 1. The fraction of sp³-hybridized carbons (Fsp3) is 0.500. The summed E-state index contributed by atoms with van der Waals surface area (Å²) in [6.45, 7) is 0.331. The van der Waals surface area contributed by atoms with Crippen LogP contribution >= 0.6 is 0 Å². The Bertz CT molecular complexity index is 315. The fourth-order valence-corrected chi connectivity index (χ4v) is 1.48. The normalized spacial score (nSPS) is 26.9. The zero-order valence-electron chi connectivity index (χ0n) is 7.42. The van der Waals surface area contributed by atoms with Crippen molar-refractivity contribution in [2.75, 3.05) is 13.1 Å². The van der Waals surface area contributed by atoms with E-state index in [9.17, 15) is 15.0 Å². The first-order valence-corrected chi connectivity index (χ1v) is 4.33. The molecule has 0 radical (unpaired) electrons. The summed E-state index contributed by atoms with van der Waals surface area (Å²) < 4.78 is 0. The maximum Gasteiger partial charge on any atom is 0.272 e. The van der Waals surface area contributed by atoms with Crippen LogP contribution in [-0.4, -0.2) is 56.5 Å². The lowest BCUT2D eigenvalue weighted by Crippen LogP contribution is -2.30. The van der Waals surface area contributed by atoms with Crippen molar-refractivity contribution in [1.82, 2.24) is 15.1 Å². The molecule has 0 spiro atoms. The van der Waals surface area contributed by atoms with Crippen LogP contribution < -0.4 is 0 Å². The van der Waals surface area contributed by atoms with Gasteiger partial charge in [-0.05, 0) is 6.07 Å². The Kier molecular flexibility index (Phi) is 2.22. The monoisotopic (exact) mass is 197 g/mol. The number of nitrogens with one attached hydrogen (secondary N) is 1. The molecule has 2 rings (SSSR count). The van der Waals surface area contributed by atoms with E-state index in [1.54, 1.807) is 6.07 Å². The Morgan fingerprint density at radius 3 is 2.64 bits per heavy atom. The number of H-pyrrole nitrogens is 1. The predicted octanol–water partition coefficient (Wildman–Crippen LogP) is -1.41. The predicted molar refractivity (Wildman–Crippen MR) is 46.5 cm³/mol. The third kappa shape index (κ3) is 1.49. The lowest BCUT2D eigenvalue weighted by molar-refractivity contribution is 0.0572. The molecule has 1 aliphatic heterocycles. The van der Waals surface area contributed by atoms with E-state index in [1.165, 1.54) is 11.1 Å². The van der Waals surface area contributed by atoms with E-state index < -0.39 is 12.2 Å². The minimum atomic E-state index is -0.845. The number of carbonyl (C=O) groups is 1. The van der Waals surface area contributed by atoms with Gasteiger partial charge in [0.2, 0.25) is 0 Å². The first-order chi connectivity index (χ1) is 6.68. The van der Waals surface area contributed by atoms with Crippen LogP contribution in [0.5, 0.6) is 0 Å². The van der Waals surface area contributed by atoms with Gasteiger partial charge in [0.15, 0.2) is 0 Å². The number of aromatic amines is 1. The number of nitrogens with zero attached hydrogens (tertiary/aromatic N) is 2. The lowest BCUT2D eigenvalue weighted by Gasteiger charge is -2.13. The highest BCUT2D eigenvalue weighted by molar-refractivity contribution is 5.92. The number of hydrogen-bond donors (Lipinski definition) is 3. The van der Waals surface area contributed by atoms with Gasteiger partial charge in [0.1, 0.15) is 5.69 Å². The summed E-state index contributed by atoms with van der Waals surface area (Å²) in [5, 5.41) is 24.7. The summed E-state index contributed by atoms with van der Waals surface area (Å²) in [6, 6.07) is 1.55. The molecule has 6 nitrogen and oxygen atoms in total. The molecule has 1 aromatic rings. The molecule has 2 atom stereocenters. The van der Waals surface area contributed by atoms with Crippen molar-refractivity contribution >= 4 is 5.91 Å². The van der Waals surface area contributed by atoms with Gasteiger partial charge in [-0.25, -0.2) is 0 Å². The summed E-state index contributed by atoms with van der Waals surface area (Å²) >= 11 is 0. The first-order valence-electron chi connectivity index (χ1n) is 4.33. The number of aliphatic hydroxyl groups is 2. The number of aromatic nitrogens is 2. The molecule has 1 amide bonds. The number of aliphatic hydroxyl groups excluding tert-OH is 2. The van der Waals surface area contributed by atoms with E-state index >= 15 is 0 Å². The highest BCUT2D eigenvalue weighted by Crippen LogP contribution is 2.12. The standard InChI is InChI=1S/C8H11N3O3/c12-6-3-11(4-7(6)13)8(14)5-1-2-9-10-5/h1-2,6-7,12-13H,3-4H2,(H,9,10). The van der Waals surface area contributed by atoms with Crippen LogP contribution in [0.15, 0.2) is 12.3 Å². The van der Waals surface area contributed by atoms with E-state index in [0.717, 1.165) is 0 Å². The molecule has 3 N–H and O–H groups in total. The number of hydrogen-bond acceptors (Lipinski definition) is 4. The van der Waals surface area contributed by atoms with Crippen molar-refractivity contribution < 1.29 is 15.0 Å². The van der Waals surface area contributed by atoms with Crippen molar-refractivity contribution in [3.05, 3.63) is 18.0 Å². The molecule has 76 valence electrons. The molecule has 0 aliphatic carbocycles. The summed E-state index contributed by atoms with van der Waals surface area (Å²) in [5.41, 5.74) is 0.367. The Hall–Kier alpha value is -1.40. The van der Waals surface area contributed by atoms with Crippen molar-refractivity contribution in [3.63, 3.8) is 0 Å². The molecule has 0 aromatic carbocycles. The van der Waals surface area contributed by atoms with Gasteiger partial charge in [-0.2, -0.15) is 5.10 Å². The molecule has 0 bridgehead atoms. The van der Waals surface area contributed by atoms with Gasteiger partial charge < -0.3 is 15.1 Å². The van der Waals surface area contributed by atoms with E-state index in [4.69, 9.17) is 0 Å². The molecule has 1 saturated heterocycles. The molecular formula is C8H11N3O3. The molecule has 14 heavy (non-hydrogen) atoms. The average molecular weight is 197 g/mol. The fourth-order valence-electron chi connectivity index (χ4n) is 1.48. The van der Waals surface area contributed by atoms with Crippen LogP contribution in [0.3, 0.4) is 0 Å². The second-order valence-corrected chi connectivity index (χ2v) is 3.32. The average Bonchev–Trinajstić information content (AvgIpc) is 2.76. The van der Waals surface area contributed by atoms with E-state index in [1.807, 2.05) is 0 Å². The molecule has 1 aromatic heterocycles. The Morgan fingerprint density at radius 2 is 2.14 bits per heavy atom. The smallest absolute Gasteiger partial charge is 0.272 e. The van der Waals surface area contributed by atoms with Gasteiger partial charge >= 0.3 is 0 Å². The van der Waals surface area contributed by atoms with E-state index in [-0.39, 0.29) is 19.0 Å². The van der Waals surface area contributed by atoms with Crippen LogP contribution in [0.4, 0.5) is 0 Å². The maximum absolute atomic E-state index is 11.6. The van der Waals surface area contributed by atoms with Gasteiger partial charge in [0.25, 0.3) is 5.91 Å². The highest BCUT2D eigenvalue weighted by atomic mass is 16.3. The number of likely N-dealkylation sites (tertiary alicyclic amines) is 1. The van der Waals surface area contributed by atoms with Crippen molar-refractivity contribution in [3.8, 4) is 0 Å². The second-order valence-electron chi connectivity index (χ2n) is 3.32. The lowest BCUT2D eigenvalue weighted by atomic mass is 10.3. The van der Waals surface area contributed by atoms with Crippen molar-refractivity contribution in [2.24, 2.45) is 0 Å². The van der Waals surface area contributed by atoms with Gasteiger partial charge in [-0.15, -0.1) is 0 Å². The molecular weight excluding hydrogens is 186 g/mol. The van der Waals surface area contributed by atoms with Crippen LogP contribution in [0.1, 0.15) is 10.5 Å². The van der Waals surface area contributed by atoms with Crippen LogP contribution in [-0.2, 0) is 0 Å². The minimum absolute atomic E-state index is 0.166. The number of carbonyl (C=O) groups excluding carboxylic acids is 1. The zero-order chi connectivity index (χ0) is 10.1. The first kappa shape index (κ1) is 9.17. The zero-order valence-corrected chi connectivity index (χ0v) is 7.42. The van der Waals surface area contributed by atoms with E-state index in [0.29, 0.717) is 5.69 Å². The molecule has 0 saturated carbocycles. The highest BCUT2D eigenvalue weighted by Gasteiger charge is 2.33. The van der Waals surface area contributed by atoms with Crippen LogP contribution in [0.25, 0.3) is 0 Å². The summed E-state index contributed by atoms with van der Waals surface area (Å²) in [4.78, 5) is 13.0.